The van der Waals surface area contributed by atoms with Crippen LogP contribution in [0.2, 0.25) is 0 Å². The molecule has 1 aliphatic rings. The molecule has 0 saturated carbocycles. The number of carbonyl (C=O) groups excluding carboxylic acids is 1. The van der Waals surface area contributed by atoms with Crippen molar-refractivity contribution in [3.05, 3.63) is 120 Å². The minimum Gasteiger partial charge on any atom is -0.341 e. The SMILES string of the molecule is O=C1CC(c2ccc(C[C@H](NS(=O)(=O)c3ccc(-c4ccccc4)cc3)c3nc4ccccc4[nH]3)cc2)S(O)(O)N1. The lowest BCUT2D eigenvalue weighted by molar-refractivity contribution is -0.118. The van der Waals surface area contributed by atoms with E-state index in [1.165, 1.54) is 0 Å². The number of nitrogens with zero attached hydrogens (tertiary/aromatic N) is 1. The largest absolute Gasteiger partial charge is 0.341 e. The standard InChI is InChI=1S/C30H28N4O5S2/c35-29-19-28(41(38,39)34-29)23-12-10-20(11-13-23)18-27(30-31-25-8-4-5-9-26(25)32-30)33-40(36,37)24-16-14-22(15-17-24)21-6-2-1-3-7-21/h1-17,27-28,33,38-39H,18-19H2,(H,31,32)(H,34,35)/t27-,28?/m0/s1. The number of hydrogen-bond acceptors (Lipinski definition) is 6. The molecule has 0 radical (unpaired) electrons. The van der Waals surface area contributed by atoms with Crippen LogP contribution in [0, 0.1) is 0 Å². The lowest BCUT2D eigenvalue weighted by atomic mass is 10.0. The summed E-state index contributed by atoms with van der Waals surface area (Å²) < 4.78 is 52.7. The van der Waals surface area contributed by atoms with Crippen LogP contribution in [0.3, 0.4) is 0 Å². The second-order valence-electron chi connectivity index (χ2n) is 9.96. The Morgan fingerprint density at radius 2 is 1.54 bits per heavy atom. The van der Waals surface area contributed by atoms with E-state index in [4.69, 9.17) is 0 Å². The lowest BCUT2D eigenvalue weighted by Crippen LogP contribution is -2.31. The Morgan fingerprint density at radius 3 is 2.20 bits per heavy atom. The summed E-state index contributed by atoms with van der Waals surface area (Å²) >= 11 is 0. The Morgan fingerprint density at radius 1 is 0.878 bits per heavy atom. The fraction of sp³-hybridized carbons (Fsp3) is 0.133. The van der Waals surface area contributed by atoms with Crippen molar-refractivity contribution in [3.63, 3.8) is 0 Å². The van der Waals surface area contributed by atoms with Crippen molar-refractivity contribution in [3.8, 4) is 11.1 Å². The highest BCUT2D eigenvalue weighted by atomic mass is 32.3. The van der Waals surface area contributed by atoms with Gasteiger partial charge in [0.2, 0.25) is 15.9 Å². The fourth-order valence-corrected chi connectivity index (χ4v) is 7.70. The summed E-state index contributed by atoms with van der Waals surface area (Å²) in [5, 5.41) is -0.729. The smallest absolute Gasteiger partial charge is 0.241 e. The van der Waals surface area contributed by atoms with Crippen LogP contribution in [0.1, 0.15) is 34.7 Å². The van der Waals surface area contributed by atoms with Crippen LogP contribution in [0.15, 0.2) is 108 Å². The second kappa shape index (κ2) is 10.8. The molecule has 1 aromatic heterocycles. The maximum atomic E-state index is 13.6. The Labute approximate surface area is 239 Å². The molecule has 1 aliphatic heterocycles. The number of nitrogens with one attached hydrogen (secondary N) is 3. The van der Waals surface area contributed by atoms with Gasteiger partial charge in [0, 0.05) is 0 Å². The number of H-pyrrole nitrogens is 1. The third-order valence-corrected chi connectivity index (χ3v) is 10.4. The van der Waals surface area contributed by atoms with Crippen molar-refractivity contribution in [2.45, 2.75) is 29.0 Å². The Kier molecular flexibility index (Phi) is 7.14. The third kappa shape index (κ3) is 5.76. The fourth-order valence-electron chi connectivity index (χ4n) is 5.02. The zero-order valence-corrected chi connectivity index (χ0v) is 23.4. The van der Waals surface area contributed by atoms with Gasteiger partial charge in [-0.1, -0.05) is 78.9 Å². The Hall–Kier alpha value is -4.00. The van der Waals surface area contributed by atoms with Crippen LogP contribution in [0.5, 0.6) is 0 Å². The van der Waals surface area contributed by atoms with Crippen LogP contribution in [-0.2, 0) is 21.2 Å². The van der Waals surface area contributed by atoms with E-state index in [0.29, 0.717) is 11.4 Å². The zero-order chi connectivity index (χ0) is 28.6. The summed E-state index contributed by atoms with van der Waals surface area (Å²) in [4.78, 5) is 19.8. The van der Waals surface area contributed by atoms with E-state index in [1.807, 2.05) is 54.6 Å². The van der Waals surface area contributed by atoms with Crippen molar-refractivity contribution >= 4 is 37.7 Å². The topological polar surface area (TPSA) is 144 Å². The van der Waals surface area contributed by atoms with Crippen molar-refractivity contribution in [2.24, 2.45) is 0 Å². The average molecular weight is 589 g/mol. The minimum absolute atomic E-state index is 0.00779. The van der Waals surface area contributed by atoms with E-state index in [9.17, 15) is 22.3 Å². The molecule has 1 saturated heterocycles. The van der Waals surface area contributed by atoms with Gasteiger partial charge in [-0.2, -0.15) is 0 Å². The Bertz CT molecular complexity index is 1770. The third-order valence-electron chi connectivity index (χ3n) is 7.13. The summed E-state index contributed by atoms with van der Waals surface area (Å²) in [6.07, 6.45) is 0.270. The molecule has 0 aliphatic carbocycles. The van der Waals surface area contributed by atoms with E-state index in [-0.39, 0.29) is 17.7 Å². The van der Waals surface area contributed by atoms with E-state index in [1.54, 1.807) is 48.5 Å². The van der Waals surface area contributed by atoms with Gasteiger partial charge in [-0.25, -0.2) is 18.1 Å². The van der Waals surface area contributed by atoms with E-state index >= 15 is 0 Å². The van der Waals surface area contributed by atoms with Gasteiger partial charge in [-0.15, -0.1) is 10.8 Å². The molecule has 0 spiro atoms. The van der Waals surface area contributed by atoms with Crippen molar-refractivity contribution in [2.75, 3.05) is 0 Å². The highest BCUT2D eigenvalue weighted by molar-refractivity contribution is 8.23. The van der Waals surface area contributed by atoms with Crippen LogP contribution < -0.4 is 9.44 Å². The van der Waals surface area contributed by atoms with Gasteiger partial charge in [-0.05, 0) is 52.9 Å². The molecule has 2 atom stereocenters. The molecule has 41 heavy (non-hydrogen) atoms. The quantitative estimate of drug-likeness (QED) is 0.157. The predicted molar refractivity (Wildman–Crippen MR) is 160 cm³/mol. The minimum atomic E-state index is -3.93. The number of carbonyl (C=O) groups is 1. The van der Waals surface area contributed by atoms with Gasteiger partial charge in [0.15, 0.2) is 0 Å². The van der Waals surface area contributed by atoms with E-state index in [2.05, 4.69) is 19.4 Å². The number of para-hydroxylation sites is 2. The predicted octanol–water partition coefficient (Wildman–Crippen LogP) is 5.72. The van der Waals surface area contributed by atoms with Crippen LogP contribution >= 0.6 is 10.8 Å². The summed E-state index contributed by atoms with van der Waals surface area (Å²) in [6.45, 7) is 0. The number of hydrogen-bond donors (Lipinski definition) is 5. The van der Waals surface area contributed by atoms with Gasteiger partial charge < -0.3 is 4.98 Å². The maximum Gasteiger partial charge on any atom is 0.241 e. The van der Waals surface area contributed by atoms with Gasteiger partial charge in [0.25, 0.3) is 0 Å². The van der Waals surface area contributed by atoms with Crippen molar-refractivity contribution < 1.29 is 22.3 Å². The van der Waals surface area contributed by atoms with E-state index in [0.717, 1.165) is 27.7 Å². The average Bonchev–Trinajstić information content (AvgIpc) is 3.53. The number of fused-ring (bicyclic) bond motifs is 1. The van der Waals surface area contributed by atoms with Crippen molar-refractivity contribution in [1.82, 2.24) is 19.4 Å². The number of aromatic amines is 1. The molecule has 5 aromatic rings. The lowest BCUT2D eigenvalue weighted by Gasteiger charge is -2.32. The molecule has 1 unspecified atom stereocenters. The molecule has 2 heterocycles. The molecule has 6 rings (SSSR count). The summed E-state index contributed by atoms with van der Waals surface area (Å²) in [7, 11) is -7.19. The maximum absolute atomic E-state index is 13.6. The molecule has 11 heteroatoms. The first-order valence-electron chi connectivity index (χ1n) is 13.0. The summed E-state index contributed by atoms with van der Waals surface area (Å²) in [5.41, 5.74) is 4.83. The Balaban J connectivity index is 1.28. The number of aromatic nitrogens is 2. The number of rotatable bonds is 8. The number of sulfonamides is 1. The second-order valence-corrected chi connectivity index (χ2v) is 13.6. The molecule has 9 nitrogen and oxygen atoms in total. The van der Waals surface area contributed by atoms with Crippen LogP contribution in [0.25, 0.3) is 22.2 Å². The van der Waals surface area contributed by atoms with Gasteiger partial charge in [-0.3, -0.25) is 18.6 Å². The van der Waals surface area contributed by atoms with E-state index < -0.39 is 38.0 Å². The number of imidazole rings is 1. The normalized spacial score (nSPS) is 18.2. The van der Waals surface area contributed by atoms with Crippen LogP contribution in [-0.4, -0.2) is 33.4 Å². The molecule has 1 amide bonds. The van der Waals surface area contributed by atoms with Crippen molar-refractivity contribution in [1.29, 1.82) is 0 Å². The molecule has 0 bridgehead atoms. The van der Waals surface area contributed by atoms with Gasteiger partial charge >= 0.3 is 0 Å². The molecule has 4 aromatic carbocycles. The first-order valence-corrected chi connectivity index (χ1v) is 16.1. The molecular formula is C30H28N4O5S2. The zero-order valence-electron chi connectivity index (χ0n) is 21.8. The molecular weight excluding hydrogens is 560 g/mol. The molecule has 210 valence electrons. The summed E-state index contributed by atoms with van der Waals surface area (Å²) in [6, 6.07) is 30.3. The first-order chi connectivity index (χ1) is 19.7. The number of amides is 1. The first kappa shape index (κ1) is 27.2. The highest BCUT2D eigenvalue weighted by Crippen LogP contribution is 2.56. The summed E-state index contributed by atoms with van der Waals surface area (Å²) in [5.74, 6) is 0.0646. The molecule has 1 fully saturated rings. The van der Waals surface area contributed by atoms with Gasteiger partial charge in [0.05, 0.1) is 28.4 Å². The van der Waals surface area contributed by atoms with Gasteiger partial charge in [0.1, 0.15) is 11.1 Å². The monoisotopic (exact) mass is 588 g/mol. The number of benzene rings is 4. The molecule has 5 N–H and O–H groups in total. The van der Waals surface area contributed by atoms with Crippen LogP contribution in [0.4, 0.5) is 0 Å². The highest BCUT2D eigenvalue weighted by Gasteiger charge is 2.38.